The molecular weight excluding hydrogens is 386 g/mol. The number of ether oxygens (including phenoxy) is 2. The molecule has 2 saturated heterocycles. The van der Waals surface area contributed by atoms with Crippen molar-refractivity contribution in [2.75, 3.05) is 33.2 Å². The fourth-order valence-corrected chi connectivity index (χ4v) is 4.23. The number of likely N-dealkylation sites (N-methyl/N-ethyl adjacent to an activating group) is 1. The lowest BCUT2D eigenvalue weighted by atomic mass is 10.1. The maximum Gasteiger partial charge on any atom is 0.410 e. The molecule has 4 heterocycles. The van der Waals surface area contributed by atoms with E-state index in [0.717, 1.165) is 25.0 Å². The van der Waals surface area contributed by atoms with Crippen molar-refractivity contribution in [2.45, 2.75) is 57.8 Å². The molecule has 2 fully saturated rings. The van der Waals surface area contributed by atoms with Crippen molar-refractivity contribution in [3.05, 3.63) is 22.7 Å². The van der Waals surface area contributed by atoms with E-state index in [1.807, 2.05) is 26.8 Å². The lowest BCUT2D eigenvalue weighted by molar-refractivity contribution is 0.0189. The van der Waals surface area contributed by atoms with Gasteiger partial charge in [0.25, 0.3) is 0 Å². The van der Waals surface area contributed by atoms with E-state index in [1.54, 1.807) is 15.7 Å². The lowest BCUT2D eigenvalue weighted by Crippen LogP contribution is -2.43. The highest BCUT2D eigenvalue weighted by Crippen LogP contribution is 2.27. The van der Waals surface area contributed by atoms with Gasteiger partial charge in [-0.2, -0.15) is 0 Å². The zero-order valence-corrected chi connectivity index (χ0v) is 18.2. The number of hydrogen-bond acceptors (Lipinski definition) is 6. The number of aromatic nitrogens is 3. The highest BCUT2D eigenvalue weighted by atomic mass is 16.6. The van der Waals surface area contributed by atoms with Gasteiger partial charge >= 0.3 is 11.8 Å². The minimum atomic E-state index is -0.516. The first kappa shape index (κ1) is 20.7. The van der Waals surface area contributed by atoms with Gasteiger partial charge in [-0.05, 0) is 47.1 Å². The van der Waals surface area contributed by atoms with Gasteiger partial charge in [-0.25, -0.2) is 14.6 Å². The quantitative estimate of drug-likeness (QED) is 0.824. The van der Waals surface area contributed by atoms with Crippen LogP contribution in [0.1, 0.15) is 46.1 Å². The third-order valence-corrected chi connectivity index (χ3v) is 5.68. The highest BCUT2D eigenvalue weighted by Gasteiger charge is 2.29. The van der Waals surface area contributed by atoms with E-state index >= 15 is 0 Å². The van der Waals surface area contributed by atoms with E-state index < -0.39 is 5.60 Å². The molecule has 2 aliphatic rings. The molecule has 1 N–H and O–H groups in total. The summed E-state index contributed by atoms with van der Waals surface area (Å²) in [5.74, 6) is 0.682. The molecule has 9 nitrogen and oxygen atoms in total. The Hall–Kier alpha value is -2.55. The van der Waals surface area contributed by atoms with Crippen LogP contribution in [0.25, 0.3) is 11.2 Å². The van der Waals surface area contributed by atoms with E-state index in [-0.39, 0.29) is 23.9 Å². The number of hydrogen-bond donors (Lipinski definition) is 1. The molecule has 4 rings (SSSR count). The van der Waals surface area contributed by atoms with Gasteiger partial charge in [-0.3, -0.25) is 9.55 Å². The Morgan fingerprint density at radius 1 is 1.20 bits per heavy atom. The zero-order chi connectivity index (χ0) is 21.5. The number of likely N-dealkylation sites (tertiary alicyclic amines) is 2. The minimum absolute atomic E-state index is 0.000370. The molecule has 0 bridgehead atoms. The normalized spacial score (nSPS) is 21.3. The number of carbonyl (C=O) groups excluding carboxylic acids is 1. The van der Waals surface area contributed by atoms with Crippen LogP contribution in [0.4, 0.5) is 4.79 Å². The van der Waals surface area contributed by atoms with Gasteiger partial charge in [0.15, 0.2) is 5.65 Å². The highest BCUT2D eigenvalue weighted by molar-refractivity contribution is 5.72. The van der Waals surface area contributed by atoms with Crippen LogP contribution in [0.3, 0.4) is 0 Å². The van der Waals surface area contributed by atoms with Gasteiger partial charge < -0.3 is 19.3 Å². The number of imidazole rings is 1. The monoisotopic (exact) mass is 417 g/mol. The topological polar surface area (TPSA) is 92.7 Å². The molecule has 1 atom stereocenters. The van der Waals surface area contributed by atoms with E-state index in [1.165, 1.54) is 0 Å². The molecule has 30 heavy (non-hydrogen) atoms. The molecule has 1 unspecified atom stereocenters. The van der Waals surface area contributed by atoms with Gasteiger partial charge in [0.2, 0.25) is 0 Å². The largest absolute Gasteiger partial charge is 0.487 e. The Morgan fingerprint density at radius 2 is 1.93 bits per heavy atom. The SMILES string of the molecule is CN1CCC(Oc2cnc3[nH]c(=O)n(C4CCN(C(=O)OC(C)(C)C)CC4)c3c2)C1. The summed E-state index contributed by atoms with van der Waals surface area (Å²) < 4.78 is 13.3. The first-order chi connectivity index (χ1) is 14.2. The number of aromatic amines is 1. The summed E-state index contributed by atoms with van der Waals surface area (Å²) in [7, 11) is 2.08. The molecule has 2 aromatic heterocycles. The lowest BCUT2D eigenvalue weighted by Gasteiger charge is -2.33. The number of pyridine rings is 1. The summed E-state index contributed by atoms with van der Waals surface area (Å²) in [5.41, 5.74) is 0.619. The summed E-state index contributed by atoms with van der Waals surface area (Å²) in [4.78, 5) is 36.2. The predicted molar refractivity (Wildman–Crippen MR) is 113 cm³/mol. The van der Waals surface area contributed by atoms with Crippen LogP contribution < -0.4 is 10.4 Å². The fraction of sp³-hybridized carbons (Fsp3) is 0.667. The van der Waals surface area contributed by atoms with E-state index in [2.05, 4.69) is 21.9 Å². The molecule has 2 aromatic rings. The second-order valence-electron chi connectivity index (χ2n) is 9.33. The van der Waals surface area contributed by atoms with Gasteiger partial charge in [-0.1, -0.05) is 0 Å². The Labute approximate surface area is 176 Å². The Balaban J connectivity index is 1.49. The van der Waals surface area contributed by atoms with Crippen LogP contribution in [-0.4, -0.2) is 75.4 Å². The standard InChI is InChI=1S/C21H31N5O4/c1-21(2,3)30-20(28)25-9-5-14(6-10-25)26-17-11-16(12-22-18(17)23-19(26)27)29-15-7-8-24(4)13-15/h11-12,14-15H,5-10,13H2,1-4H3,(H,22,23,27). The second kappa shape index (κ2) is 7.94. The number of fused-ring (bicyclic) bond motifs is 1. The predicted octanol–water partition coefficient (Wildman–Crippen LogP) is 2.38. The Morgan fingerprint density at radius 3 is 2.57 bits per heavy atom. The summed E-state index contributed by atoms with van der Waals surface area (Å²) in [5, 5.41) is 0. The van der Waals surface area contributed by atoms with Crippen LogP contribution in [0, 0.1) is 0 Å². The van der Waals surface area contributed by atoms with Crippen molar-refractivity contribution in [1.29, 1.82) is 0 Å². The number of piperidine rings is 1. The molecular formula is C21H31N5O4. The Bertz CT molecular complexity index is 968. The number of nitrogens with one attached hydrogen (secondary N) is 1. The third kappa shape index (κ3) is 4.45. The van der Waals surface area contributed by atoms with Crippen molar-refractivity contribution in [3.8, 4) is 5.75 Å². The fourth-order valence-electron chi connectivity index (χ4n) is 4.23. The smallest absolute Gasteiger partial charge is 0.410 e. The summed E-state index contributed by atoms with van der Waals surface area (Å²) in [6.07, 6.45) is 3.87. The Kier molecular flexibility index (Phi) is 5.48. The molecule has 9 heteroatoms. The van der Waals surface area contributed by atoms with Gasteiger partial charge in [-0.15, -0.1) is 0 Å². The molecule has 0 radical (unpaired) electrons. The van der Waals surface area contributed by atoms with Crippen LogP contribution in [-0.2, 0) is 4.74 Å². The number of carbonyl (C=O) groups is 1. The van der Waals surface area contributed by atoms with Crippen LogP contribution in [0.5, 0.6) is 5.75 Å². The summed E-state index contributed by atoms with van der Waals surface area (Å²) in [6, 6.07) is 1.90. The van der Waals surface area contributed by atoms with Gasteiger partial charge in [0.05, 0.1) is 11.7 Å². The number of amides is 1. The van der Waals surface area contributed by atoms with Crippen LogP contribution in [0.2, 0.25) is 0 Å². The summed E-state index contributed by atoms with van der Waals surface area (Å²) in [6.45, 7) is 8.60. The molecule has 0 saturated carbocycles. The van der Waals surface area contributed by atoms with Crippen molar-refractivity contribution >= 4 is 17.3 Å². The van der Waals surface area contributed by atoms with Crippen LogP contribution in [0.15, 0.2) is 17.1 Å². The second-order valence-corrected chi connectivity index (χ2v) is 9.33. The molecule has 0 aliphatic carbocycles. The van der Waals surface area contributed by atoms with Gasteiger partial charge in [0.1, 0.15) is 17.5 Å². The molecule has 0 aromatic carbocycles. The average Bonchev–Trinajstić information content (AvgIpc) is 3.22. The first-order valence-electron chi connectivity index (χ1n) is 10.6. The number of H-pyrrole nitrogens is 1. The molecule has 1 amide bonds. The van der Waals surface area contributed by atoms with Crippen molar-refractivity contribution < 1.29 is 14.3 Å². The van der Waals surface area contributed by atoms with E-state index in [4.69, 9.17) is 9.47 Å². The number of nitrogens with zero attached hydrogens (tertiary/aromatic N) is 4. The first-order valence-corrected chi connectivity index (χ1v) is 10.6. The molecule has 164 valence electrons. The van der Waals surface area contributed by atoms with Crippen molar-refractivity contribution in [1.82, 2.24) is 24.3 Å². The molecule has 0 spiro atoms. The van der Waals surface area contributed by atoms with Crippen molar-refractivity contribution in [2.24, 2.45) is 0 Å². The van der Waals surface area contributed by atoms with E-state index in [9.17, 15) is 9.59 Å². The minimum Gasteiger partial charge on any atom is -0.487 e. The van der Waals surface area contributed by atoms with Gasteiger partial charge in [0, 0.05) is 38.3 Å². The maximum absolute atomic E-state index is 12.7. The van der Waals surface area contributed by atoms with Crippen LogP contribution >= 0.6 is 0 Å². The third-order valence-electron chi connectivity index (χ3n) is 5.68. The summed E-state index contributed by atoms with van der Waals surface area (Å²) >= 11 is 0. The average molecular weight is 418 g/mol. The molecule has 2 aliphatic heterocycles. The number of rotatable bonds is 3. The zero-order valence-electron chi connectivity index (χ0n) is 18.2. The maximum atomic E-state index is 12.7. The van der Waals surface area contributed by atoms with Crippen molar-refractivity contribution in [3.63, 3.8) is 0 Å². The van der Waals surface area contributed by atoms with E-state index in [0.29, 0.717) is 37.3 Å².